The molecule has 0 N–H and O–H groups in total. The smallest absolute Gasteiger partial charge is 0.158 e. The van der Waals surface area contributed by atoms with Gasteiger partial charge in [0.1, 0.15) is 11.6 Å². The number of carbonyl (C=O) groups excluding carboxylic acids is 3. The topological polar surface area (TPSA) is 51.2 Å². The first-order valence-corrected chi connectivity index (χ1v) is 6.68. The van der Waals surface area contributed by atoms with Gasteiger partial charge in [-0.25, -0.2) is 0 Å². The average Bonchev–Trinajstić information content (AvgIpc) is 2.43. The van der Waals surface area contributed by atoms with Crippen LogP contribution >= 0.6 is 0 Å². The summed E-state index contributed by atoms with van der Waals surface area (Å²) in [5.74, 6) is -2.02. The highest BCUT2D eigenvalue weighted by molar-refractivity contribution is 6.05. The van der Waals surface area contributed by atoms with E-state index in [0.29, 0.717) is 12.0 Å². The zero-order chi connectivity index (χ0) is 15.3. The van der Waals surface area contributed by atoms with Crippen molar-refractivity contribution in [2.24, 2.45) is 5.92 Å². The summed E-state index contributed by atoms with van der Waals surface area (Å²) in [5.41, 5.74) is 1.10. The summed E-state index contributed by atoms with van der Waals surface area (Å²) >= 11 is 0. The van der Waals surface area contributed by atoms with Gasteiger partial charge in [0, 0.05) is 12.3 Å². The zero-order valence-electron chi connectivity index (χ0n) is 12.2. The van der Waals surface area contributed by atoms with E-state index < -0.39 is 11.8 Å². The van der Waals surface area contributed by atoms with Crippen molar-refractivity contribution in [1.82, 2.24) is 0 Å². The molecular formula is C17H20O3. The average molecular weight is 272 g/mol. The fourth-order valence-corrected chi connectivity index (χ4v) is 2.41. The Hall–Kier alpha value is -2.03. The van der Waals surface area contributed by atoms with Crippen LogP contribution in [0.5, 0.6) is 0 Å². The third-order valence-electron chi connectivity index (χ3n) is 3.42. The maximum atomic E-state index is 12.0. The van der Waals surface area contributed by atoms with Crippen LogP contribution in [0.15, 0.2) is 42.5 Å². The van der Waals surface area contributed by atoms with Crippen LogP contribution in [0.1, 0.15) is 38.7 Å². The van der Waals surface area contributed by atoms with Crippen LogP contribution in [0, 0.1) is 5.92 Å². The number of rotatable bonds is 7. The molecule has 1 rings (SSSR count). The molecule has 0 bridgehead atoms. The third kappa shape index (κ3) is 3.50. The highest BCUT2D eigenvalue weighted by atomic mass is 16.2. The van der Waals surface area contributed by atoms with Crippen molar-refractivity contribution >= 4 is 17.3 Å². The lowest BCUT2D eigenvalue weighted by Crippen LogP contribution is -2.30. The number of benzene rings is 1. The maximum Gasteiger partial charge on any atom is 0.158 e. The molecule has 20 heavy (non-hydrogen) atoms. The van der Waals surface area contributed by atoms with Crippen LogP contribution in [-0.4, -0.2) is 17.3 Å². The number of Topliss-reactive ketones (excluding diaryl/α,β-unsaturated/α-hetero) is 3. The summed E-state index contributed by atoms with van der Waals surface area (Å²) in [6.45, 7) is 8.34. The third-order valence-corrected chi connectivity index (χ3v) is 3.42. The number of hydrogen-bond donors (Lipinski definition) is 0. The quantitative estimate of drug-likeness (QED) is 0.566. The van der Waals surface area contributed by atoms with Crippen LogP contribution in [-0.2, 0) is 14.4 Å². The lowest BCUT2D eigenvalue weighted by atomic mass is 9.75. The Kier molecular flexibility index (Phi) is 5.56. The number of allylic oxidation sites excluding steroid dienone is 1. The summed E-state index contributed by atoms with van der Waals surface area (Å²) in [5, 5.41) is 0. The second-order valence-electron chi connectivity index (χ2n) is 4.89. The van der Waals surface area contributed by atoms with Crippen molar-refractivity contribution in [3.05, 3.63) is 48.0 Å². The van der Waals surface area contributed by atoms with E-state index >= 15 is 0 Å². The van der Waals surface area contributed by atoms with Gasteiger partial charge in [-0.2, -0.15) is 0 Å². The molecule has 3 nitrogen and oxygen atoms in total. The molecule has 1 atom stereocenters. The van der Waals surface area contributed by atoms with E-state index in [4.69, 9.17) is 0 Å². The fourth-order valence-electron chi connectivity index (χ4n) is 2.41. The van der Waals surface area contributed by atoms with Gasteiger partial charge in [-0.05, 0) is 25.0 Å². The first-order valence-electron chi connectivity index (χ1n) is 6.68. The van der Waals surface area contributed by atoms with Gasteiger partial charge in [0.2, 0.25) is 0 Å². The molecule has 1 aromatic rings. The molecule has 0 saturated heterocycles. The minimum Gasteiger partial charge on any atom is -0.299 e. The van der Waals surface area contributed by atoms with E-state index in [-0.39, 0.29) is 17.3 Å². The van der Waals surface area contributed by atoms with Crippen molar-refractivity contribution < 1.29 is 14.4 Å². The van der Waals surface area contributed by atoms with Crippen molar-refractivity contribution in [3.63, 3.8) is 0 Å². The van der Waals surface area contributed by atoms with Gasteiger partial charge in [0.25, 0.3) is 0 Å². The van der Waals surface area contributed by atoms with E-state index in [1.807, 2.05) is 30.3 Å². The molecule has 106 valence electrons. The van der Waals surface area contributed by atoms with Crippen LogP contribution in [0.4, 0.5) is 0 Å². The molecule has 0 fully saturated rings. The molecule has 0 spiro atoms. The van der Waals surface area contributed by atoms with Crippen LogP contribution < -0.4 is 0 Å². The Labute approximate surface area is 119 Å². The second-order valence-corrected chi connectivity index (χ2v) is 4.89. The summed E-state index contributed by atoms with van der Waals surface area (Å²) < 4.78 is 0. The molecule has 0 heterocycles. The fraction of sp³-hybridized carbons (Fsp3) is 0.353. The Morgan fingerprint density at radius 1 is 1.05 bits per heavy atom. The van der Waals surface area contributed by atoms with E-state index in [0.717, 1.165) is 5.56 Å². The predicted octanol–water partition coefficient (Wildman–Crippen LogP) is 3.10. The summed E-state index contributed by atoms with van der Waals surface area (Å²) in [7, 11) is 0. The zero-order valence-corrected chi connectivity index (χ0v) is 12.2. The van der Waals surface area contributed by atoms with Gasteiger partial charge in [-0.3, -0.25) is 14.4 Å². The highest BCUT2D eigenvalue weighted by Gasteiger charge is 2.34. The minimum absolute atomic E-state index is 0.119. The second kappa shape index (κ2) is 6.94. The van der Waals surface area contributed by atoms with Gasteiger partial charge < -0.3 is 0 Å². The van der Waals surface area contributed by atoms with Gasteiger partial charge >= 0.3 is 0 Å². The van der Waals surface area contributed by atoms with E-state index in [9.17, 15) is 14.4 Å². The molecule has 0 radical (unpaired) electrons. The monoisotopic (exact) mass is 272 g/mol. The van der Waals surface area contributed by atoms with Crippen molar-refractivity contribution in [1.29, 1.82) is 0 Å². The summed E-state index contributed by atoms with van der Waals surface area (Å²) in [6.07, 6.45) is 0.310. The summed E-state index contributed by atoms with van der Waals surface area (Å²) in [4.78, 5) is 35.6. The predicted molar refractivity (Wildman–Crippen MR) is 78.5 cm³/mol. The Bertz CT molecular complexity index is 514. The first-order chi connectivity index (χ1) is 9.40. The number of carbonyl (C=O) groups is 3. The Morgan fingerprint density at radius 2 is 1.55 bits per heavy atom. The molecule has 1 unspecified atom stereocenters. The van der Waals surface area contributed by atoms with E-state index in [2.05, 4.69) is 6.58 Å². The van der Waals surface area contributed by atoms with Gasteiger partial charge in [-0.15, -0.1) is 0 Å². The lowest BCUT2D eigenvalue weighted by molar-refractivity contribution is -0.131. The van der Waals surface area contributed by atoms with Gasteiger partial charge in [0.15, 0.2) is 5.78 Å². The number of ketones is 3. The molecule has 0 aliphatic heterocycles. The normalized spacial score (nSPS) is 12.0. The van der Waals surface area contributed by atoms with Gasteiger partial charge in [-0.1, -0.05) is 43.8 Å². The van der Waals surface area contributed by atoms with E-state index in [1.54, 1.807) is 6.92 Å². The summed E-state index contributed by atoms with van der Waals surface area (Å²) in [6, 6.07) is 9.13. The molecule has 0 saturated carbocycles. The highest BCUT2D eigenvalue weighted by Crippen LogP contribution is 2.33. The van der Waals surface area contributed by atoms with Crippen LogP contribution in [0.2, 0.25) is 0 Å². The molecule has 0 amide bonds. The molecule has 0 aliphatic rings. The molecule has 3 heteroatoms. The molecular weight excluding hydrogens is 252 g/mol. The maximum absolute atomic E-state index is 12.0. The Morgan fingerprint density at radius 3 is 1.95 bits per heavy atom. The van der Waals surface area contributed by atoms with Gasteiger partial charge in [0.05, 0.1) is 5.92 Å². The van der Waals surface area contributed by atoms with Crippen molar-refractivity contribution in [2.75, 3.05) is 0 Å². The first kappa shape index (κ1) is 16.0. The lowest BCUT2D eigenvalue weighted by Gasteiger charge is -2.25. The largest absolute Gasteiger partial charge is 0.299 e. The Balaban J connectivity index is 3.34. The molecule has 0 aromatic heterocycles. The molecule has 1 aromatic carbocycles. The SMILES string of the molecule is C=C(C(=O)CC)C(c1ccccc1)C(C(C)=O)C(C)=O. The number of hydrogen-bond acceptors (Lipinski definition) is 3. The van der Waals surface area contributed by atoms with Crippen LogP contribution in [0.25, 0.3) is 0 Å². The molecule has 0 aliphatic carbocycles. The standard InChI is InChI=1S/C17H20O3/c1-5-15(20)11(2)16(14-9-7-6-8-10-14)17(12(3)18)13(4)19/h6-10,16-17H,2,5H2,1,3-4H3. The van der Waals surface area contributed by atoms with E-state index in [1.165, 1.54) is 13.8 Å². The minimum atomic E-state index is -0.847. The van der Waals surface area contributed by atoms with Crippen LogP contribution in [0.3, 0.4) is 0 Å². The van der Waals surface area contributed by atoms with Crippen molar-refractivity contribution in [3.8, 4) is 0 Å². The van der Waals surface area contributed by atoms with Crippen molar-refractivity contribution in [2.45, 2.75) is 33.1 Å².